The molecule has 5 heteroatoms. The first kappa shape index (κ1) is 13.4. The number of fused-ring (bicyclic) bond motifs is 1. The number of para-hydroxylation sites is 1. The van der Waals surface area contributed by atoms with Crippen LogP contribution in [0.2, 0.25) is 0 Å². The first-order valence-corrected chi connectivity index (χ1v) is 7.39. The molecule has 0 aliphatic carbocycles. The molecule has 2 aromatic rings. The van der Waals surface area contributed by atoms with E-state index in [1.807, 2.05) is 42.6 Å². The van der Waals surface area contributed by atoms with E-state index >= 15 is 0 Å². The van der Waals surface area contributed by atoms with Gasteiger partial charge >= 0.3 is 0 Å². The van der Waals surface area contributed by atoms with Gasteiger partial charge in [-0.05, 0) is 24.4 Å². The molecule has 1 aromatic carbocycles. The van der Waals surface area contributed by atoms with Crippen molar-refractivity contribution in [1.29, 1.82) is 0 Å². The highest BCUT2D eigenvalue weighted by molar-refractivity contribution is 7.10. The van der Waals surface area contributed by atoms with Gasteiger partial charge in [0.1, 0.15) is 5.60 Å². The van der Waals surface area contributed by atoms with Crippen LogP contribution in [0.4, 0.5) is 0 Å². The summed E-state index contributed by atoms with van der Waals surface area (Å²) in [7, 11) is 0. The lowest BCUT2D eigenvalue weighted by Gasteiger charge is -2.22. The van der Waals surface area contributed by atoms with Crippen molar-refractivity contribution in [3.8, 4) is 11.5 Å². The molecule has 0 fully saturated rings. The van der Waals surface area contributed by atoms with E-state index in [1.165, 1.54) is 0 Å². The second kappa shape index (κ2) is 5.44. The van der Waals surface area contributed by atoms with Gasteiger partial charge in [0.25, 0.3) is 0 Å². The summed E-state index contributed by atoms with van der Waals surface area (Å²) in [5, 5.41) is 15.7. The van der Waals surface area contributed by atoms with Gasteiger partial charge in [-0.2, -0.15) is 0 Å². The average Bonchev–Trinajstić information content (AvgIpc) is 3.10. The second-order valence-electron chi connectivity index (χ2n) is 5.01. The lowest BCUT2D eigenvalue weighted by atomic mass is 10.1. The lowest BCUT2D eigenvalue weighted by molar-refractivity contribution is 0.0603. The van der Waals surface area contributed by atoms with Gasteiger partial charge in [0.15, 0.2) is 11.5 Å². The molecule has 4 nitrogen and oxygen atoms in total. The summed E-state index contributed by atoms with van der Waals surface area (Å²) in [5.41, 5.74) is 0.186. The molecule has 1 unspecified atom stereocenters. The van der Waals surface area contributed by atoms with Gasteiger partial charge in [-0.3, -0.25) is 0 Å². The highest BCUT2D eigenvalue weighted by atomic mass is 32.1. The predicted octanol–water partition coefficient (Wildman–Crippen LogP) is 2.47. The first-order valence-electron chi connectivity index (χ1n) is 6.51. The fraction of sp³-hybridized carbons (Fsp3) is 0.333. The van der Waals surface area contributed by atoms with Crippen molar-refractivity contribution in [2.75, 3.05) is 13.3 Å². The van der Waals surface area contributed by atoms with E-state index in [2.05, 4.69) is 5.32 Å². The zero-order valence-electron chi connectivity index (χ0n) is 11.3. The summed E-state index contributed by atoms with van der Waals surface area (Å²) >= 11 is 1.56. The van der Waals surface area contributed by atoms with Crippen molar-refractivity contribution in [1.82, 2.24) is 5.32 Å². The van der Waals surface area contributed by atoms with E-state index in [0.717, 1.165) is 21.9 Å². The molecule has 1 atom stereocenters. The minimum absolute atomic E-state index is 0.277. The third kappa shape index (κ3) is 2.65. The Balaban J connectivity index is 1.62. The van der Waals surface area contributed by atoms with Crippen LogP contribution < -0.4 is 14.8 Å². The van der Waals surface area contributed by atoms with E-state index in [-0.39, 0.29) is 6.79 Å². The minimum Gasteiger partial charge on any atom is -0.454 e. The minimum atomic E-state index is -0.858. The maximum Gasteiger partial charge on any atom is 0.231 e. The van der Waals surface area contributed by atoms with Crippen molar-refractivity contribution in [3.05, 3.63) is 46.2 Å². The van der Waals surface area contributed by atoms with E-state index < -0.39 is 5.60 Å². The Morgan fingerprint density at radius 1 is 1.30 bits per heavy atom. The highest BCUT2D eigenvalue weighted by Gasteiger charge is 2.24. The Morgan fingerprint density at radius 2 is 2.20 bits per heavy atom. The number of benzene rings is 1. The van der Waals surface area contributed by atoms with E-state index in [9.17, 15) is 5.11 Å². The summed E-state index contributed by atoms with van der Waals surface area (Å²) in [4.78, 5) is 0.961. The third-order valence-electron chi connectivity index (χ3n) is 3.31. The molecule has 2 N–H and O–H groups in total. The molecule has 1 aliphatic heterocycles. The van der Waals surface area contributed by atoms with Crippen molar-refractivity contribution in [2.45, 2.75) is 19.1 Å². The molecule has 0 saturated carbocycles. The zero-order chi connectivity index (χ0) is 14.0. The number of hydrogen-bond donors (Lipinski definition) is 2. The quantitative estimate of drug-likeness (QED) is 0.888. The number of ether oxygens (including phenoxy) is 2. The molecule has 20 heavy (non-hydrogen) atoms. The number of nitrogens with one attached hydrogen (secondary N) is 1. The molecule has 2 heterocycles. The van der Waals surface area contributed by atoms with Crippen molar-refractivity contribution < 1.29 is 14.6 Å². The number of thiophene rings is 1. The molecular weight excluding hydrogens is 274 g/mol. The Hall–Kier alpha value is -1.56. The van der Waals surface area contributed by atoms with E-state index in [4.69, 9.17) is 9.47 Å². The van der Waals surface area contributed by atoms with Gasteiger partial charge in [-0.25, -0.2) is 0 Å². The first-order chi connectivity index (χ1) is 9.67. The van der Waals surface area contributed by atoms with Gasteiger partial charge in [-0.1, -0.05) is 18.2 Å². The normalized spacial score (nSPS) is 16.1. The number of hydrogen-bond acceptors (Lipinski definition) is 5. The maximum atomic E-state index is 10.4. The molecule has 0 saturated heterocycles. The van der Waals surface area contributed by atoms with Gasteiger partial charge in [0, 0.05) is 23.5 Å². The van der Waals surface area contributed by atoms with Crippen LogP contribution in [0, 0.1) is 0 Å². The van der Waals surface area contributed by atoms with Gasteiger partial charge in [0.05, 0.1) is 0 Å². The lowest BCUT2D eigenvalue weighted by Crippen LogP contribution is -2.34. The highest BCUT2D eigenvalue weighted by Crippen LogP contribution is 2.35. The molecule has 0 radical (unpaired) electrons. The number of rotatable bonds is 5. The maximum absolute atomic E-state index is 10.4. The molecule has 0 bridgehead atoms. The monoisotopic (exact) mass is 291 g/mol. The van der Waals surface area contributed by atoms with Gasteiger partial charge in [-0.15, -0.1) is 11.3 Å². The Bertz CT molecular complexity index is 581. The Kier molecular flexibility index (Phi) is 3.65. The van der Waals surface area contributed by atoms with Crippen LogP contribution in [0.15, 0.2) is 35.7 Å². The van der Waals surface area contributed by atoms with Crippen molar-refractivity contribution in [3.63, 3.8) is 0 Å². The summed E-state index contributed by atoms with van der Waals surface area (Å²) in [5.74, 6) is 1.59. The van der Waals surface area contributed by atoms with Crippen LogP contribution >= 0.6 is 11.3 Å². The molecule has 3 rings (SSSR count). The van der Waals surface area contributed by atoms with Crippen LogP contribution in [0.25, 0.3) is 0 Å². The summed E-state index contributed by atoms with van der Waals surface area (Å²) in [6.45, 7) is 3.21. The Morgan fingerprint density at radius 3 is 3.00 bits per heavy atom. The van der Waals surface area contributed by atoms with Crippen molar-refractivity contribution in [2.24, 2.45) is 0 Å². The standard InChI is InChI=1S/C15H17NO3S/c1-15(17,13-6-3-7-20-13)9-16-8-11-4-2-5-12-14(11)19-10-18-12/h2-7,16-17H,8-10H2,1H3. The van der Waals surface area contributed by atoms with Crippen LogP contribution in [-0.4, -0.2) is 18.4 Å². The zero-order valence-corrected chi connectivity index (χ0v) is 12.1. The molecule has 106 valence electrons. The van der Waals surface area contributed by atoms with E-state index in [0.29, 0.717) is 13.1 Å². The van der Waals surface area contributed by atoms with Crippen molar-refractivity contribution >= 4 is 11.3 Å². The number of aliphatic hydroxyl groups is 1. The van der Waals surface area contributed by atoms with Crippen LogP contribution in [0.5, 0.6) is 11.5 Å². The van der Waals surface area contributed by atoms with Crippen LogP contribution in [-0.2, 0) is 12.1 Å². The summed E-state index contributed by atoms with van der Waals surface area (Å²) in [6.07, 6.45) is 0. The second-order valence-corrected chi connectivity index (χ2v) is 5.95. The summed E-state index contributed by atoms with van der Waals surface area (Å²) < 4.78 is 10.8. The predicted molar refractivity (Wildman–Crippen MR) is 78.2 cm³/mol. The molecule has 0 spiro atoms. The third-order valence-corrected chi connectivity index (χ3v) is 4.44. The fourth-order valence-electron chi connectivity index (χ4n) is 2.24. The molecule has 0 amide bonds. The molecule has 1 aliphatic rings. The van der Waals surface area contributed by atoms with Gasteiger partial charge in [0.2, 0.25) is 6.79 Å². The molecule has 1 aromatic heterocycles. The average molecular weight is 291 g/mol. The van der Waals surface area contributed by atoms with Crippen LogP contribution in [0.3, 0.4) is 0 Å². The fourth-order valence-corrected chi connectivity index (χ4v) is 3.03. The van der Waals surface area contributed by atoms with E-state index in [1.54, 1.807) is 11.3 Å². The topological polar surface area (TPSA) is 50.7 Å². The summed E-state index contributed by atoms with van der Waals surface area (Å²) in [6, 6.07) is 9.74. The van der Waals surface area contributed by atoms with Crippen LogP contribution in [0.1, 0.15) is 17.4 Å². The van der Waals surface area contributed by atoms with Gasteiger partial charge < -0.3 is 19.9 Å². The Labute approximate surface area is 122 Å². The molecular formula is C15H17NO3S. The smallest absolute Gasteiger partial charge is 0.231 e. The largest absolute Gasteiger partial charge is 0.454 e. The SMILES string of the molecule is CC(O)(CNCc1cccc2c1OCO2)c1cccs1.